The van der Waals surface area contributed by atoms with Crippen LogP contribution in [0.1, 0.15) is 31.7 Å². The molecular formula is C12H18BrN3. The minimum absolute atomic E-state index is 0.570. The minimum atomic E-state index is 0.570. The van der Waals surface area contributed by atoms with Crippen LogP contribution in [0.25, 0.3) is 0 Å². The Morgan fingerprint density at radius 2 is 2.25 bits per heavy atom. The third kappa shape index (κ3) is 2.03. The van der Waals surface area contributed by atoms with Gasteiger partial charge in [0.1, 0.15) is 5.82 Å². The van der Waals surface area contributed by atoms with Gasteiger partial charge in [0.15, 0.2) is 0 Å². The average molecular weight is 284 g/mol. The fraction of sp³-hybridized carbons (Fsp3) is 0.583. The second-order valence-electron chi connectivity index (χ2n) is 4.51. The van der Waals surface area contributed by atoms with Gasteiger partial charge in [0.05, 0.1) is 16.4 Å². The van der Waals surface area contributed by atoms with Crippen LogP contribution in [0.3, 0.4) is 0 Å². The molecule has 88 valence electrons. The summed E-state index contributed by atoms with van der Waals surface area (Å²) >= 11 is 3.61. The number of rotatable bonds is 1. The number of halogens is 1. The van der Waals surface area contributed by atoms with E-state index in [1.165, 1.54) is 19.3 Å². The summed E-state index contributed by atoms with van der Waals surface area (Å²) in [6.45, 7) is 5.38. The lowest BCUT2D eigenvalue weighted by atomic mass is 10.0. The van der Waals surface area contributed by atoms with Gasteiger partial charge in [-0.05, 0) is 54.6 Å². The van der Waals surface area contributed by atoms with Crippen LogP contribution in [-0.2, 0) is 0 Å². The normalized spacial score (nSPS) is 21.2. The van der Waals surface area contributed by atoms with Crippen LogP contribution in [0.4, 0.5) is 11.5 Å². The number of pyridine rings is 1. The molecular weight excluding hydrogens is 266 g/mol. The number of hydrogen-bond acceptors (Lipinski definition) is 3. The Hall–Kier alpha value is -0.770. The molecule has 1 fully saturated rings. The predicted molar refractivity (Wildman–Crippen MR) is 71.7 cm³/mol. The summed E-state index contributed by atoms with van der Waals surface area (Å²) in [6.07, 6.45) is 5.58. The summed E-state index contributed by atoms with van der Waals surface area (Å²) < 4.78 is 1.04. The Bertz CT molecular complexity index is 392. The van der Waals surface area contributed by atoms with Gasteiger partial charge in [0, 0.05) is 12.6 Å². The first-order valence-corrected chi connectivity index (χ1v) is 6.57. The highest BCUT2D eigenvalue weighted by atomic mass is 79.9. The van der Waals surface area contributed by atoms with E-state index in [1.54, 1.807) is 6.20 Å². The van der Waals surface area contributed by atoms with Crippen molar-refractivity contribution in [2.75, 3.05) is 17.2 Å². The average Bonchev–Trinajstić information content (AvgIpc) is 2.28. The molecule has 16 heavy (non-hydrogen) atoms. The van der Waals surface area contributed by atoms with Gasteiger partial charge in [-0.1, -0.05) is 0 Å². The van der Waals surface area contributed by atoms with Gasteiger partial charge in [-0.3, -0.25) is 0 Å². The van der Waals surface area contributed by atoms with Crippen molar-refractivity contribution in [1.82, 2.24) is 4.98 Å². The number of piperidine rings is 1. The number of aromatic nitrogens is 1. The predicted octanol–water partition coefficient (Wildman–Crippen LogP) is 3.11. The molecule has 1 atom stereocenters. The summed E-state index contributed by atoms with van der Waals surface area (Å²) in [4.78, 5) is 6.84. The topological polar surface area (TPSA) is 42.1 Å². The lowest BCUT2D eigenvalue weighted by Gasteiger charge is -2.35. The van der Waals surface area contributed by atoms with Gasteiger partial charge in [-0.15, -0.1) is 0 Å². The van der Waals surface area contributed by atoms with Crippen molar-refractivity contribution in [3.05, 3.63) is 16.2 Å². The minimum Gasteiger partial charge on any atom is -0.397 e. The van der Waals surface area contributed by atoms with E-state index in [1.807, 2.05) is 6.92 Å². The standard InChI is InChI=1S/C12H18BrN3/c1-8-5-3-4-6-16(8)12-11(13)9(2)10(14)7-15-12/h7-8H,3-6,14H2,1-2H3. The van der Waals surface area contributed by atoms with Gasteiger partial charge >= 0.3 is 0 Å². The van der Waals surface area contributed by atoms with Crippen LogP contribution >= 0.6 is 15.9 Å². The fourth-order valence-electron chi connectivity index (χ4n) is 2.19. The molecule has 0 bridgehead atoms. The van der Waals surface area contributed by atoms with Crippen molar-refractivity contribution in [2.24, 2.45) is 0 Å². The van der Waals surface area contributed by atoms with E-state index < -0.39 is 0 Å². The first-order chi connectivity index (χ1) is 7.61. The van der Waals surface area contributed by atoms with E-state index >= 15 is 0 Å². The molecule has 2 N–H and O–H groups in total. The molecule has 0 amide bonds. The van der Waals surface area contributed by atoms with Gasteiger partial charge in [-0.25, -0.2) is 4.98 Å². The van der Waals surface area contributed by atoms with E-state index in [9.17, 15) is 0 Å². The highest BCUT2D eigenvalue weighted by Gasteiger charge is 2.22. The molecule has 0 aliphatic carbocycles. The van der Waals surface area contributed by atoms with Gasteiger partial charge in [0.2, 0.25) is 0 Å². The molecule has 0 aromatic carbocycles. The molecule has 2 heterocycles. The van der Waals surface area contributed by atoms with E-state index in [0.717, 1.165) is 28.1 Å². The van der Waals surface area contributed by atoms with Crippen LogP contribution in [-0.4, -0.2) is 17.6 Å². The molecule has 4 heteroatoms. The molecule has 1 aliphatic heterocycles. The van der Waals surface area contributed by atoms with Crippen LogP contribution in [0.15, 0.2) is 10.7 Å². The van der Waals surface area contributed by atoms with E-state index in [2.05, 4.69) is 32.7 Å². The van der Waals surface area contributed by atoms with Crippen molar-refractivity contribution >= 4 is 27.4 Å². The van der Waals surface area contributed by atoms with E-state index in [4.69, 9.17) is 5.73 Å². The highest BCUT2D eigenvalue weighted by molar-refractivity contribution is 9.10. The van der Waals surface area contributed by atoms with Crippen molar-refractivity contribution < 1.29 is 0 Å². The third-order valence-electron chi connectivity index (χ3n) is 3.36. The van der Waals surface area contributed by atoms with Gasteiger partial charge < -0.3 is 10.6 Å². The van der Waals surface area contributed by atoms with E-state index in [0.29, 0.717) is 6.04 Å². The Kier molecular flexibility index (Phi) is 3.38. The number of hydrogen-bond donors (Lipinski definition) is 1. The zero-order valence-corrected chi connectivity index (χ0v) is 11.4. The highest BCUT2D eigenvalue weighted by Crippen LogP contribution is 2.33. The zero-order chi connectivity index (χ0) is 11.7. The third-order valence-corrected chi connectivity index (χ3v) is 4.31. The second-order valence-corrected chi connectivity index (χ2v) is 5.31. The SMILES string of the molecule is Cc1c(N)cnc(N2CCCCC2C)c1Br. The Morgan fingerprint density at radius 3 is 2.94 bits per heavy atom. The van der Waals surface area contributed by atoms with Crippen molar-refractivity contribution in [3.63, 3.8) is 0 Å². The molecule has 0 spiro atoms. The monoisotopic (exact) mass is 283 g/mol. The van der Waals surface area contributed by atoms with Crippen LogP contribution in [0.5, 0.6) is 0 Å². The smallest absolute Gasteiger partial charge is 0.143 e. The maximum atomic E-state index is 5.84. The summed E-state index contributed by atoms with van der Waals surface area (Å²) in [7, 11) is 0. The lowest BCUT2D eigenvalue weighted by molar-refractivity contribution is 0.480. The molecule has 1 aromatic heterocycles. The number of nitrogens with two attached hydrogens (primary N) is 1. The zero-order valence-electron chi connectivity index (χ0n) is 9.83. The van der Waals surface area contributed by atoms with E-state index in [-0.39, 0.29) is 0 Å². The number of nitrogens with zero attached hydrogens (tertiary/aromatic N) is 2. The van der Waals surface area contributed by atoms with Crippen LogP contribution in [0.2, 0.25) is 0 Å². The number of nitrogen functional groups attached to an aromatic ring is 1. The lowest BCUT2D eigenvalue weighted by Crippen LogP contribution is -2.38. The van der Waals surface area contributed by atoms with Crippen LogP contribution in [0, 0.1) is 6.92 Å². The first kappa shape index (κ1) is 11.7. The molecule has 3 nitrogen and oxygen atoms in total. The van der Waals surface area contributed by atoms with Crippen molar-refractivity contribution in [1.29, 1.82) is 0 Å². The maximum Gasteiger partial charge on any atom is 0.143 e. The molecule has 1 aromatic rings. The van der Waals surface area contributed by atoms with Crippen LogP contribution < -0.4 is 10.6 Å². The Morgan fingerprint density at radius 1 is 1.50 bits per heavy atom. The molecule has 1 aliphatic rings. The van der Waals surface area contributed by atoms with Gasteiger partial charge in [0.25, 0.3) is 0 Å². The molecule has 0 saturated carbocycles. The van der Waals surface area contributed by atoms with Crippen molar-refractivity contribution in [2.45, 2.75) is 39.2 Å². The molecule has 1 unspecified atom stereocenters. The quantitative estimate of drug-likeness (QED) is 0.861. The van der Waals surface area contributed by atoms with Gasteiger partial charge in [-0.2, -0.15) is 0 Å². The summed E-state index contributed by atoms with van der Waals surface area (Å²) in [5, 5.41) is 0. The Balaban J connectivity index is 2.36. The fourth-order valence-corrected chi connectivity index (χ4v) is 2.75. The maximum absolute atomic E-state index is 5.84. The van der Waals surface area contributed by atoms with Crippen molar-refractivity contribution in [3.8, 4) is 0 Å². The number of anilines is 2. The summed E-state index contributed by atoms with van der Waals surface area (Å²) in [5.74, 6) is 1.04. The first-order valence-electron chi connectivity index (χ1n) is 5.78. The summed E-state index contributed by atoms with van der Waals surface area (Å²) in [6, 6.07) is 0.570. The molecule has 2 rings (SSSR count). The largest absolute Gasteiger partial charge is 0.397 e. The molecule has 0 radical (unpaired) electrons. The molecule has 1 saturated heterocycles. The second kappa shape index (κ2) is 4.62. The Labute approximate surface area is 105 Å². The summed E-state index contributed by atoms with van der Waals surface area (Å²) in [5.41, 5.74) is 7.68.